The van der Waals surface area contributed by atoms with E-state index < -0.39 is 22.9 Å². The fraction of sp³-hybridized carbons (Fsp3) is 0.222. The number of aliphatic carboxylic acids is 1. The van der Waals surface area contributed by atoms with Gasteiger partial charge in [0.25, 0.3) is 0 Å². The van der Waals surface area contributed by atoms with E-state index in [0.29, 0.717) is 16.9 Å². The van der Waals surface area contributed by atoms with Gasteiger partial charge in [-0.2, -0.15) is 0 Å². The van der Waals surface area contributed by atoms with Gasteiger partial charge in [-0.05, 0) is 17.7 Å². The number of nitrogens with zero attached hydrogens (tertiary/aromatic N) is 1. The summed E-state index contributed by atoms with van der Waals surface area (Å²) in [4.78, 5) is 34.3. The van der Waals surface area contributed by atoms with Gasteiger partial charge in [-0.15, -0.1) is 0 Å². The maximum Gasteiger partial charge on any atom is 0.379 e. The smallest absolute Gasteiger partial charge is 0.379 e. The molecule has 25 heavy (non-hydrogen) atoms. The van der Waals surface area contributed by atoms with Crippen molar-refractivity contribution < 1.29 is 24.4 Å². The van der Waals surface area contributed by atoms with Gasteiger partial charge in [0.1, 0.15) is 5.75 Å². The van der Waals surface area contributed by atoms with Crippen molar-refractivity contribution >= 4 is 11.8 Å². The van der Waals surface area contributed by atoms with Gasteiger partial charge in [0.05, 0.1) is 13.0 Å². The van der Waals surface area contributed by atoms with Crippen LogP contribution >= 0.6 is 0 Å². The molecular formula is C18H17NO6. The molecule has 0 aromatic heterocycles. The molecule has 0 aliphatic heterocycles. The highest BCUT2D eigenvalue weighted by Gasteiger charge is 2.41. The second kappa shape index (κ2) is 8.05. The normalized spacial score (nSPS) is 12.8. The van der Waals surface area contributed by atoms with Gasteiger partial charge in [-0.25, -0.2) is 4.79 Å². The van der Waals surface area contributed by atoms with Crippen molar-refractivity contribution in [1.29, 1.82) is 0 Å². The molecule has 0 radical (unpaired) electrons. The Bertz CT molecular complexity index is 743. The number of carbonyl (C=O) groups is 2. The third-order valence-corrected chi connectivity index (χ3v) is 3.91. The molecule has 7 heteroatoms. The average Bonchev–Trinajstić information content (AvgIpc) is 2.61. The molecule has 0 saturated heterocycles. The van der Waals surface area contributed by atoms with Crippen molar-refractivity contribution in [3.8, 4) is 5.75 Å². The van der Waals surface area contributed by atoms with Crippen LogP contribution in [0.15, 0.2) is 54.6 Å². The molecule has 0 aliphatic rings. The summed E-state index contributed by atoms with van der Waals surface area (Å²) in [6.45, 7) is 0. The number of methoxy groups -OCH3 is 1. The Balaban J connectivity index is 2.38. The van der Waals surface area contributed by atoms with Gasteiger partial charge in [-0.1, -0.05) is 42.5 Å². The van der Waals surface area contributed by atoms with Crippen LogP contribution in [0.5, 0.6) is 5.75 Å². The van der Waals surface area contributed by atoms with Gasteiger partial charge >= 0.3 is 12.0 Å². The fourth-order valence-corrected chi connectivity index (χ4v) is 2.61. The van der Waals surface area contributed by atoms with Crippen molar-refractivity contribution in [1.82, 2.24) is 0 Å². The van der Waals surface area contributed by atoms with Crippen molar-refractivity contribution in [2.75, 3.05) is 7.11 Å². The molecule has 7 nitrogen and oxygen atoms in total. The monoisotopic (exact) mass is 343 g/mol. The number of carboxylic acid groups (broad SMARTS) is 1. The molecule has 2 aromatic carbocycles. The minimum absolute atomic E-state index is 0.283. The number of nitro groups is 1. The third-order valence-electron chi connectivity index (χ3n) is 3.91. The number of benzene rings is 2. The van der Waals surface area contributed by atoms with Crippen LogP contribution in [0.1, 0.15) is 28.3 Å². The van der Waals surface area contributed by atoms with Crippen molar-refractivity contribution in [2.45, 2.75) is 18.4 Å². The summed E-state index contributed by atoms with van der Waals surface area (Å²) >= 11 is 0. The average molecular weight is 343 g/mol. The van der Waals surface area contributed by atoms with Gasteiger partial charge in [0.2, 0.25) is 0 Å². The second-order valence-electron chi connectivity index (χ2n) is 5.44. The van der Waals surface area contributed by atoms with Crippen molar-refractivity contribution in [3.05, 3.63) is 75.8 Å². The number of ether oxygens (including phenoxy) is 1. The Hall–Kier alpha value is -3.22. The van der Waals surface area contributed by atoms with Crippen LogP contribution in [0.25, 0.3) is 0 Å². The maximum atomic E-state index is 12.5. The molecule has 0 aliphatic carbocycles. The second-order valence-corrected chi connectivity index (χ2v) is 5.44. The largest absolute Gasteiger partial charge is 0.497 e. The van der Waals surface area contributed by atoms with Crippen LogP contribution in [-0.2, 0) is 4.79 Å². The van der Waals surface area contributed by atoms with Gasteiger partial charge < -0.3 is 9.84 Å². The summed E-state index contributed by atoms with van der Waals surface area (Å²) in [5, 5.41) is 20.6. The molecule has 0 heterocycles. The van der Waals surface area contributed by atoms with E-state index in [4.69, 9.17) is 4.74 Å². The number of Topliss-reactive ketones (excluding diaryl/α,β-unsaturated/α-hetero) is 1. The van der Waals surface area contributed by atoms with E-state index in [-0.39, 0.29) is 12.2 Å². The Morgan fingerprint density at radius 1 is 1.12 bits per heavy atom. The van der Waals surface area contributed by atoms with Crippen LogP contribution in [0.2, 0.25) is 0 Å². The lowest BCUT2D eigenvalue weighted by Gasteiger charge is -2.18. The highest BCUT2D eigenvalue weighted by Crippen LogP contribution is 2.29. The number of carbonyl (C=O) groups excluding carboxylic acids is 1. The van der Waals surface area contributed by atoms with Crippen LogP contribution < -0.4 is 4.74 Å². The minimum Gasteiger partial charge on any atom is -0.497 e. The van der Waals surface area contributed by atoms with E-state index in [2.05, 4.69) is 0 Å². The molecule has 0 bridgehead atoms. The number of rotatable bonds is 8. The van der Waals surface area contributed by atoms with Gasteiger partial charge in [0.15, 0.2) is 5.78 Å². The molecule has 0 saturated carbocycles. The minimum atomic E-state index is -1.92. The van der Waals surface area contributed by atoms with E-state index in [1.54, 1.807) is 54.6 Å². The maximum absolute atomic E-state index is 12.5. The Kier molecular flexibility index (Phi) is 5.84. The zero-order valence-electron chi connectivity index (χ0n) is 13.5. The zero-order chi connectivity index (χ0) is 18.4. The quantitative estimate of drug-likeness (QED) is 0.449. The van der Waals surface area contributed by atoms with E-state index in [1.165, 1.54) is 7.11 Å². The lowest BCUT2D eigenvalue weighted by Crippen LogP contribution is -2.36. The molecule has 2 unspecified atom stereocenters. The lowest BCUT2D eigenvalue weighted by molar-refractivity contribution is -0.514. The molecule has 0 spiro atoms. The van der Waals surface area contributed by atoms with Crippen LogP contribution in [0.4, 0.5) is 0 Å². The highest BCUT2D eigenvalue weighted by atomic mass is 16.6. The molecule has 0 amide bonds. The van der Waals surface area contributed by atoms with E-state index in [0.717, 1.165) is 0 Å². The molecule has 130 valence electrons. The number of hydrogen-bond acceptors (Lipinski definition) is 5. The standard InChI is InChI=1S/C18H17NO6/c1-25-14-9-7-12(8-10-14)15(17(18(21)22)19(23)24)11-16(20)13-5-3-2-4-6-13/h2-10,15,17H,11H2,1H3,(H,21,22). The highest BCUT2D eigenvalue weighted by molar-refractivity contribution is 5.97. The van der Waals surface area contributed by atoms with Gasteiger partial charge in [-0.3, -0.25) is 14.9 Å². The topological polar surface area (TPSA) is 107 Å². The first kappa shape index (κ1) is 18.1. The number of carboxylic acids is 1. The van der Waals surface area contributed by atoms with E-state index in [1.807, 2.05) is 0 Å². The molecular weight excluding hydrogens is 326 g/mol. The summed E-state index contributed by atoms with van der Waals surface area (Å²) in [6, 6.07) is 12.6. The number of ketones is 1. The first-order valence-electron chi connectivity index (χ1n) is 7.52. The van der Waals surface area contributed by atoms with Crippen LogP contribution in [0, 0.1) is 10.1 Å². The molecule has 1 N–H and O–H groups in total. The Morgan fingerprint density at radius 2 is 1.72 bits per heavy atom. The summed E-state index contributed by atoms with van der Waals surface area (Å²) in [5.41, 5.74) is 0.780. The first-order valence-corrected chi connectivity index (χ1v) is 7.52. The van der Waals surface area contributed by atoms with Gasteiger partial charge in [0, 0.05) is 16.9 Å². The summed E-state index contributed by atoms with van der Waals surface area (Å²) in [7, 11) is 1.47. The Morgan fingerprint density at radius 3 is 2.20 bits per heavy atom. The summed E-state index contributed by atoms with van der Waals surface area (Å²) in [6.07, 6.45) is -0.283. The number of hydrogen-bond donors (Lipinski definition) is 1. The van der Waals surface area contributed by atoms with E-state index in [9.17, 15) is 24.8 Å². The molecule has 2 rings (SSSR count). The zero-order valence-corrected chi connectivity index (χ0v) is 13.5. The Labute approximate surface area is 144 Å². The van der Waals surface area contributed by atoms with Crippen molar-refractivity contribution in [3.63, 3.8) is 0 Å². The third kappa shape index (κ3) is 4.41. The molecule has 2 aromatic rings. The first-order chi connectivity index (χ1) is 11.9. The van der Waals surface area contributed by atoms with E-state index >= 15 is 0 Å². The van der Waals surface area contributed by atoms with Crippen LogP contribution in [-0.4, -0.2) is 34.9 Å². The van der Waals surface area contributed by atoms with Crippen LogP contribution in [0.3, 0.4) is 0 Å². The molecule has 0 fully saturated rings. The SMILES string of the molecule is COc1ccc(C(CC(=O)c2ccccc2)C(C(=O)O)[N+](=O)[O-])cc1. The fourth-order valence-electron chi connectivity index (χ4n) is 2.61. The predicted molar refractivity (Wildman–Crippen MR) is 89.5 cm³/mol. The lowest BCUT2D eigenvalue weighted by atomic mass is 9.86. The van der Waals surface area contributed by atoms with Crippen molar-refractivity contribution in [2.24, 2.45) is 0 Å². The predicted octanol–water partition coefficient (Wildman–Crippen LogP) is 2.78. The summed E-state index contributed by atoms with van der Waals surface area (Å²) < 4.78 is 5.04. The molecule has 2 atom stereocenters. The summed E-state index contributed by atoms with van der Waals surface area (Å²) in [5.74, 6) is -2.49.